The highest BCUT2D eigenvalue weighted by Gasteiger charge is 2.12. The topological polar surface area (TPSA) is 34.9 Å². The monoisotopic (exact) mass is 422 g/mol. The van der Waals surface area contributed by atoms with Gasteiger partial charge in [0.1, 0.15) is 5.82 Å². The summed E-state index contributed by atoms with van der Waals surface area (Å²) in [7, 11) is 0. The van der Waals surface area contributed by atoms with Gasteiger partial charge in [0.25, 0.3) is 5.56 Å². The second kappa shape index (κ2) is 7.86. The van der Waals surface area contributed by atoms with Crippen molar-refractivity contribution in [2.45, 2.75) is 6.92 Å². The van der Waals surface area contributed by atoms with E-state index in [1.54, 1.807) is 10.6 Å². The molecule has 0 fully saturated rings. The Kier molecular flexibility index (Phi) is 4.89. The third kappa shape index (κ3) is 3.54. The van der Waals surface area contributed by atoms with E-state index in [9.17, 15) is 4.79 Å². The molecule has 0 spiro atoms. The lowest BCUT2D eigenvalue weighted by molar-refractivity contribution is 0.943. The number of rotatable bonds is 3. The zero-order chi connectivity index (χ0) is 21.4. The highest BCUT2D eigenvalue weighted by atomic mass is 35.5. The maximum Gasteiger partial charge on any atom is 0.266 e. The van der Waals surface area contributed by atoms with Crippen LogP contribution in [0.5, 0.6) is 0 Å². The van der Waals surface area contributed by atoms with Gasteiger partial charge in [-0.25, -0.2) is 4.98 Å². The third-order valence-corrected chi connectivity index (χ3v) is 5.86. The van der Waals surface area contributed by atoms with Crippen LogP contribution < -0.4 is 5.56 Å². The van der Waals surface area contributed by atoms with E-state index in [2.05, 4.69) is 24.3 Å². The lowest BCUT2D eigenvalue weighted by Crippen LogP contribution is -2.22. The SMILES string of the molecule is Cc1ccc(-n2c(C=Cc3cccc4ccccc34)nc3ccccc3c2=O)cc1Cl. The number of benzene rings is 4. The van der Waals surface area contributed by atoms with Crippen LogP contribution in [0.4, 0.5) is 0 Å². The molecule has 31 heavy (non-hydrogen) atoms. The summed E-state index contributed by atoms with van der Waals surface area (Å²) < 4.78 is 1.62. The normalized spacial score (nSPS) is 11.5. The van der Waals surface area contributed by atoms with Crippen LogP contribution in [0.2, 0.25) is 5.02 Å². The fraction of sp³-hybridized carbons (Fsp3) is 0.0370. The molecule has 0 amide bonds. The molecule has 5 aromatic rings. The maximum atomic E-state index is 13.4. The number of nitrogens with zero attached hydrogens (tertiary/aromatic N) is 2. The third-order valence-electron chi connectivity index (χ3n) is 5.45. The first-order valence-electron chi connectivity index (χ1n) is 10.1. The number of hydrogen-bond donors (Lipinski definition) is 0. The minimum atomic E-state index is -0.122. The smallest absolute Gasteiger partial charge is 0.266 e. The van der Waals surface area contributed by atoms with Crippen LogP contribution in [0.3, 0.4) is 0 Å². The van der Waals surface area contributed by atoms with E-state index in [4.69, 9.17) is 16.6 Å². The molecule has 0 N–H and O–H groups in total. The molecule has 0 radical (unpaired) electrons. The maximum absolute atomic E-state index is 13.4. The molecular weight excluding hydrogens is 404 g/mol. The minimum Gasteiger partial charge on any atom is -0.268 e. The summed E-state index contributed by atoms with van der Waals surface area (Å²) in [6, 6.07) is 27.4. The second-order valence-electron chi connectivity index (χ2n) is 7.46. The first-order valence-corrected chi connectivity index (χ1v) is 10.4. The molecule has 4 aromatic carbocycles. The Morgan fingerprint density at radius 3 is 2.42 bits per heavy atom. The molecule has 0 aliphatic rings. The zero-order valence-corrected chi connectivity index (χ0v) is 17.7. The number of hydrogen-bond acceptors (Lipinski definition) is 2. The Hall–Kier alpha value is -3.69. The van der Waals surface area contributed by atoms with Gasteiger partial charge < -0.3 is 0 Å². The molecule has 0 aliphatic heterocycles. The molecule has 0 aliphatic carbocycles. The first-order chi connectivity index (χ1) is 15.1. The second-order valence-corrected chi connectivity index (χ2v) is 7.87. The Morgan fingerprint density at radius 1 is 0.839 bits per heavy atom. The fourth-order valence-electron chi connectivity index (χ4n) is 3.79. The van der Waals surface area contributed by atoms with Crippen LogP contribution in [-0.4, -0.2) is 9.55 Å². The number of halogens is 1. The Morgan fingerprint density at radius 2 is 1.58 bits per heavy atom. The van der Waals surface area contributed by atoms with Gasteiger partial charge >= 0.3 is 0 Å². The number of aromatic nitrogens is 2. The van der Waals surface area contributed by atoms with Gasteiger partial charge in [0.2, 0.25) is 0 Å². The van der Waals surface area contributed by atoms with Gasteiger partial charge in [-0.05, 0) is 59.2 Å². The summed E-state index contributed by atoms with van der Waals surface area (Å²) >= 11 is 6.37. The Balaban J connectivity index is 1.74. The molecule has 150 valence electrons. The van der Waals surface area contributed by atoms with Gasteiger partial charge in [0, 0.05) is 5.02 Å². The van der Waals surface area contributed by atoms with Crippen molar-refractivity contribution >= 4 is 45.4 Å². The van der Waals surface area contributed by atoms with E-state index >= 15 is 0 Å². The standard InChI is InChI=1S/C27H19ClN2O/c1-18-13-15-21(17-24(18)28)30-26(29-25-12-5-4-11-23(25)27(30)31)16-14-20-9-6-8-19-7-2-3-10-22(19)20/h2-17H,1H3. The van der Waals surface area contributed by atoms with Crippen molar-refractivity contribution in [3.8, 4) is 5.69 Å². The summed E-state index contributed by atoms with van der Waals surface area (Å²) in [6.07, 6.45) is 3.90. The van der Waals surface area contributed by atoms with E-state index in [0.29, 0.717) is 27.4 Å². The minimum absolute atomic E-state index is 0.122. The van der Waals surface area contributed by atoms with Gasteiger partial charge in [-0.2, -0.15) is 0 Å². The molecule has 0 bridgehead atoms. The van der Waals surface area contributed by atoms with Gasteiger partial charge in [0.05, 0.1) is 16.6 Å². The predicted molar refractivity (Wildman–Crippen MR) is 130 cm³/mol. The van der Waals surface area contributed by atoms with Crippen molar-refractivity contribution in [2.75, 3.05) is 0 Å². The first kappa shape index (κ1) is 19.3. The molecular formula is C27H19ClN2O. The lowest BCUT2D eigenvalue weighted by atomic mass is 10.0. The Bertz CT molecular complexity index is 1530. The summed E-state index contributed by atoms with van der Waals surface area (Å²) in [5, 5.41) is 3.50. The van der Waals surface area contributed by atoms with E-state index in [1.807, 2.05) is 73.7 Å². The van der Waals surface area contributed by atoms with Crippen molar-refractivity contribution in [1.29, 1.82) is 0 Å². The van der Waals surface area contributed by atoms with Crippen molar-refractivity contribution in [2.24, 2.45) is 0 Å². The molecule has 0 atom stereocenters. The van der Waals surface area contributed by atoms with E-state index in [1.165, 1.54) is 5.39 Å². The lowest BCUT2D eigenvalue weighted by Gasteiger charge is -2.12. The van der Waals surface area contributed by atoms with Crippen LogP contribution in [0.15, 0.2) is 89.7 Å². The predicted octanol–water partition coefficient (Wildman–Crippen LogP) is 6.67. The summed E-state index contributed by atoms with van der Waals surface area (Å²) in [4.78, 5) is 18.2. The van der Waals surface area contributed by atoms with Gasteiger partial charge in [-0.3, -0.25) is 9.36 Å². The average molecular weight is 423 g/mol. The number of fused-ring (bicyclic) bond motifs is 2. The molecule has 1 aromatic heterocycles. The molecule has 0 saturated heterocycles. The summed E-state index contributed by atoms with van der Waals surface area (Å²) in [6.45, 7) is 1.94. The van der Waals surface area contributed by atoms with Crippen molar-refractivity contribution < 1.29 is 0 Å². The highest BCUT2D eigenvalue weighted by molar-refractivity contribution is 6.31. The van der Waals surface area contributed by atoms with Crippen molar-refractivity contribution in [1.82, 2.24) is 9.55 Å². The molecule has 1 heterocycles. The largest absolute Gasteiger partial charge is 0.268 e. The molecule has 0 saturated carbocycles. The highest BCUT2D eigenvalue weighted by Crippen LogP contribution is 2.23. The van der Waals surface area contributed by atoms with Gasteiger partial charge in [-0.1, -0.05) is 78.3 Å². The van der Waals surface area contributed by atoms with Crippen LogP contribution in [0.1, 0.15) is 17.0 Å². The van der Waals surface area contributed by atoms with Crippen LogP contribution >= 0.6 is 11.6 Å². The summed E-state index contributed by atoms with van der Waals surface area (Å²) in [5.41, 5.74) is 3.26. The van der Waals surface area contributed by atoms with Gasteiger partial charge in [-0.15, -0.1) is 0 Å². The average Bonchev–Trinajstić information content (AvgIpc) is 2.80. The van der Waals surface area contributed by atoms with E-state index in [0.717, 1.165) is 16.5 Å². The summed E-state index contributed by atoms with van der Waals surface area (Å²) in [5.74, 6) is 0.552. The number of aryl methyl sites for hydroxylation is 1. The van der Waals surface area contributed by atoms with E-state index < -0.39 is 0 Å². The van der Waals surface area contributed by atoms with Crippen LogP contribution in [0, 0.1) is 6.92 Å². The quantitative estimate of drug-likeness (QED) is 0.325. The molecule has 4 heteroatoms. The Labute approximate surface area is 184 Å². The molecule has 0 unspecified atom stereocenters. The molecule has 5 rings (SSSR count). The van der Waals surface area contributed by atoms with Gasteiger partial charge in [0.15, 0.2) is 0 Å². The van der Waals surface area contributed by atoms with Crippen molar-refractivity contribution in [3.63, 3.8) is 0 Å². The number of para-hydroxylation sites is 1. The van der Waals surface area contributed by atoms with Crippen LogP contribution in [-0.2, 0) is 0 Å². The van der Waals surface area contributed by atoms with E-state index in [-0.39, 0.29) is 5.56 Å². The van der Waals surface area contributed by atoms with Crippen LogP contribution in [0.25, 0.3) is 39.5 Å². The van der Waals surface area contributed by atoms with Crippen molar-refractivity contribution in [3.05, 3.63) is 117 Å². The zero-order valence-electron chi connectivity index (χ0n) is 16.9. The molecule has 3 nitrogen and oxygen atoms in total. The fourth-order valence-corrected chi connectivity index (χ4v) is 3.97.